The molecule has 0 saturated carbocycles. The van der Waals surface area contributed by atoms with E-state index in [2.05, 4.69) is 15.6 Å². The molecule has 2 rings (SSSR count). The zero-order chi connectivity index (χ0) is 9.80. The lowest BCUT2D eigenvalue weighted by Gasteiger charge is -2.08. The van der Waals surface area contributed by atoms with Gasteiger partial charge in [-0.25, -0.2) is 4.98 Å². The number of hydrogen-bond donors (Lipinski definition) is 2. The first-order valence-corrected chi connectivity index (χ1v) is 6.05. The van der Waals surface area contributed by atoms with Crippen LogP contribution in [-0.4, -0.2) is 24.6 Å². The number of thiazole rings is 1. The Kier molecular flexibility index (Phi) is 5.86. The lowest BCUT2D eigenvalue weighted by atomic mass is 10.1. The second kappa shape index (κ2) is 6.66. The Bertz CT molecular complexity index is 287. The molecule has 1 atom stereocenters. The predicted octanol–water partition coefficient (Wildman–Crippen LogP) is 1.92. The average molecular weight is 268 g/mol. The Labute approximate surface area is 105 Å². The van der Waals surface area contributed by atoms with Crippen LogP contribution in [-0.2, 0) is 6.54 Å². The van der Waals surface area contributed by atoms with Crippen molar-refractivity contribution in [3.05, 3.63) is 15.5 Å². The summed E-state index contributed by atoms with van der Waals surface area (Å²) in [4.78, 5) is 5.21. The van der Waals surface area contributed by atoms with Crippen molar-refractivity contribution in [2.24, 2.45) is 5.92 Å². The highest BCUT2D eigenvalue weighted by atomic mass is 35.5. The maximum absolute atomic E-state index is 5.74. The maximum atomic E-state index is 5.74. The van der Waals surface area contributed by atoms with Crippen molar-refractivity contribution in [2.45, 2.75) is 13.0 Å². The van der Waals surface area contributed by atoms with E-state index in [1.807, 2.05) is 6.20 Å². The number of halogens is 2. The molecular weight excluding hydrogens is 253 g/mol. The first kappa shape index (κ1) is 13.2. The van der Waals surface area contributed by atoms with Gasteiger partial charge >= 0.3 is 0 Å². The number of hydrogen-bond acceptors (Lipinski definition) is 4. The topological polar surface area (TPSA) is 37.0 Å². The van der Waals surface area contributed by atoms with Crippen molar-refractivity contribution in [3.63, 3.8) is 0 Å². The van der Waals surface area contributed by atoms with E-state index in [9.17, 15) is 0 Å². The highest BCUT2D eigenvalue weighted by Crippen LogP contribution is 2.17. The summed E-state index contributed by atoms with van der Waals surface area (Å²) in [6.07, 6.45) is 3.13. The van der Waals surface area contributed by atoms with E-state index in [0.29, 0.717) is 4.47 Å². The maximum Gasteiger partial charge on any atom is 0.183 e. The zero-order valence-corrected chi connectivity index (χ0v) is 10.7. The molecule has 0 aliphatic carbocycles. The highest BCUT2D eigenvalue weighted by Gasteiger charge is 2.13. The van der Waals surface area contributed by atoms with Gasteiger partial charge in [-0.3, -0.25) is 0 Å². The molecule has 0 radical (unpaired) electrons. The monoisotopic (exact) mass is 267 g/mol. The molecule has 6 heteroatoms. The van der Waals surface area contributed by atoms with Gasteiger partial charge < -0.3 is 10.6 Å². The summed E-state index contributed by atoms with van der Waals surface area (Å²) in [7, 11) is 0. The molecule has 0 aromatic carbocycles. The van der Waals surface area contributed by atoms with Crippen LogP contribution in [0.2, 0.25) is 4.47 Å². The Morgan fingerprint density at radius 3 is 3.13 bits per heavy atom. The van der Waals surface area contributed by atoms with Gasteiger partial charge in [0.1, 0.15) is 0 Å². The molecular formula is C9H15Cl2N3S. The lowest BCUT2D eigenvalue weighted by molar-refractivity contribution is 0.514. The van der Waals surface area contributed by atoms with Gasteiger partial charge in [-0.2, -0.15) is 0 Å². The van der Waals surface area contributed by atoms with E-state index >= 15 is 0 Å². The van der Waals surface area contributed by atoms with E-state index in [-0.39, 0.29) is 12.4 Å². The van der Waals surface area contributed by atoms with E-state index in [1.165, 1.54) is 17.8 Å². The van der Waals surface area contributed by atoms with Crippen LogP contribution in [0.4, 0.5) is 0 Å². The second-order valence-corrected chi connectivity index (χ2v) is 5.27. The molecule has 0 bridgehead atoms. The normalized spacial score (nSPS) is 20.2. The fourth-order valence-electron chi connectivity index (χ4n) is 1.65. The molecule has 2 heterocycles. The highest BCUT2D eigenvalue weighted by molar-refractivity contribution is 7.15. The van der Waals surface area contributed by atoms with Gasteiger partial charge in [0.25, 0.3) is 0 Å². The summed E-state index contributed by atoms with van der Waals surface area (Å²) in [5.41, 5.74) is 0. The van der Waals surface area contributed by atoms with Crippen molar-refractivity contribution in [3.8, 4) is 0 Å². The minimum atomic E-state index is 0. The van der Waals surface area contributed by atoms with E-state index < -0.39 is 0 Å². The third-order valence-corrected chi connectivity index (χ3v) is 3.53. The molecule has 3 nitrogen and oxygen atoms in total. The fourth-order valence-corrected chi connectivity index (χ4v) is 2.60. The molecule has 1 aromatic rings. The van der Waals surface area contributed by atoms with Crippen LogP contribution in [0, 0.1) is 5.92 Å². The van der Waals surface area contributed by atoms with Crippen molar-refractivity contribution in [1.29, 1.82) is 0 Å². The summed E-state index contributed by atoms with van der Waals surface area (Å²) in [6, 6.07) is 0. The first-order chi connectivity index (χ1) is 6.84. The molecule has 86 valence electrons. The first-order valence-electron chi connectivity index (χ1n) is 4.86. The number of aromatic nitrogens is 1. The Hall–Kier alpha value is 0.130. The number of rotatable bonds is 4. The van der Waals surface area contributed by atoms with Crippen LogP contribution >= 0.6 is 35.3 Å². The van der Waals surface area contributed by atoms with E-state index in [4.69, 9.17) is 11.6 Å². The van der Waals surface area contributed by atoms with Gasteiger partial charge in [0.05, 0.1) is 0 Å². The SMILES string of the molecule is Cl.Clc1ncc(CNCC2CCNC2)s1. The van der Waals surface area contributed by atoms with Crippen LogP contribution < -0.4 is 10.6 Å². The zero-order valence-electron chi connectivity index (χ0n) is 8.33. The predicted molar refractivity (Wildman–Crippen MR) is 67.1 cm³/mol. The molecule has 1 unspecified atom stereocenters. The molecule has 0 amide bonds. The Morgan fingerprint density at radius 1 is 1.67 bits per heavy atom. The van der Waals surface area contributed by atoms with Gasteiger partial charge in [-0.05, 0) is 32.0 Å². The van der Waals surface area contributed by atoms with Crippen LogP contribution in [0.15, 0.2) is 6.20 Å². The van der Waals surface area contributed by atoms with Crippen molar-refractivity contribution in [2.75, 3.05) is 19.6 Å². The van der Waals surface area contributed by atoms with Gasteiger partial charge in [-0.15, -0.1) is 23.7 Å². The second-order valence-electron chi connectivity index (χ2n) is 3.57. The van der Waals surface area contributed by atoms with Crippen LogP contribution in [0.1, 0.15) is 11.3 Å². The largest absolute Gasteiger partial charge is 0.316 e. The quantitative estimate of drug-likeness (QED) is 0.876. The van der Waals surface area contributed by atoms with E-state index in [0.717, 1.165) is 25.6 Å². The molecule has 1 aromatic heterocycles. The van der Waals surface area contributed by atoms with Gasteiger partial charge in [-0.1, -0.05) is 11.6 Å². The minimum absolute atomic E-state index is 0. The Balaban J connectivity index is 0.00000112. The standard InChI is InChI=1S/C9H14ClN3S.ClH/c10-9-13-6-8(14-9)5-12-4-7-1-2-11-3-7;/h6-7,11-12H,1-5H2;1H. The lowest BCUT2D eigenvalue weighted by Crippen LogP contribution is -2.23. The number of nitrogens with one attached hydrogen (secondary N) is 2. The van der Waals surface area contributed by atoms with Crippen LogP contribution in [0.25, 0.3) is 0 Å². The average Bonchev–Trinajstić information content (AvgIpc) is 2.77. The van der Waals surface area contributed by atoms with E-state index in [1.54, 1.807) is 11.3 Å². The summed E-state index contributed by atoms with van der Waals surface area (Å²) in [6.45, 7) is 4.29. The summed E-state index contributed by atoms with van der Waals surface area (Å²) in [5.74, 6) is 0.790. The summed E-state index contributed by atoms with van der Waals surface area (Å²) < 4.78 is 0.629. The fraction of sp³-hybridized carbons (Fsp3) is 0.667. The molecule has 2 N–H and O–H groups in total. The summed E-state index contributed by atoms with van der Waals surface area (Å²) >= 11 is 7.28. The van der Waals surface area contributed by atoms with Gasteiger partial charge in [0.15, 0.2) is 4.47 Å². The third kappa shape index (κ3) is 4.25. The number of nitrogens with zero attached hydrogens (tertiary/aromatic N) is 1. The molecule has 1 fully saturated rings. The Morgan fingerprint density at radius 2 is 2.53 bits per heavy atom. The molecule has 0 spiro atoms. The molecule has 15 heavy (non-hydrogen) atoms. The minimum Gasteiger partial charge on any atom is -0.316 e. The molecule has 1 aliphatic heterocycles. The van der Waals surface area contributed by atoms with Gasteiger partial charge in [0.2, 0.25) is 0 Å². The van der Waals surface area contributed by atoms with Crippen LogP contribution in [0.5, 0.6) is 0 Å². The summed E-state index contributed by atoms with van der Waals surface area (Å²) in [5, 5.41) is 6.78. The van der Waals surface area contributed by atoms with Crippen molar-refractivity contribution in [1.82, 2.24) is 15.6 Å². The van der Waals surface area contributed by atoms with Crippen molar-refractivity contribution < 1.29 is 0 Å². The van der Waals surface area contributed by atoms with Crippen molar-refractivity contribution >= 4 is 35.3 Å². The third-order valence-electron chi connectivity index (χ3n) is 2.42. The van der Waals surface area contributed by atoms with Gasteiger partial charge in [0, 0.05) is 17.6 Å². The molecule has 1 aliphatic rings. The molecule has 1 saturated heterocycles. The van der Waals surface area contributed by atoms with Crippen LogP contribution in [0.3, 0.4) is 0 Å². The smallest absolute Gasteiger partial charge is 0.183 e.